The van der Waals surface area contributed by atoms with Gasteiger partial charge >= 0.3 is 0 Å². The predicted molar refractivity (Wildman–Crippen MR) is 96.4 cm³/mol. The summed E-state index contributed by atoms with van der Waals surface area (Å²) in [5.74, 6) is 2.20. The number of carbonyl (C=O) groups is 1. The fourth-order valence-electron chi connectivity index (χ4n) is 3.06. The Morgan fingerprint density at radius 2 is 1.96 bits per heavy atom. The van der Waals surface area contributed by atoms with Crippen molar-refractivity contribution >= 4 is 17.4 Å². The van der Waals surface area contributed by atoms with Gasteiger partial charge in [-0.1, -0.05) is 44.2 Å². The summed E-state index contributed by atoms with van der Waals surface area (Å²) in [6, 6.07) is 11.8. The largest absolute Gasteiger partial charge is 0.329 e. The van der Waals surface area contributed by atoms with E-state index in [1.165, 1.54) is 11.5 Å². The monoisotopic (exact) mass is 353 g/mol. The fourth-order valence-corrected chi connectivity index (χ4v) is 3.78. The summed E-state index contributed by atoms with van der Waals surface area (Å²) in [7, 11) is 0. The van der Waals surface area contributed by atoms with E-state index in [1.54, 1.807) is 0 Å². The number of rotatable bonds is 3. The Bertz CT molecular complexity index is 899. The highest BCUT2D eigenvalue weighted by molar-refractivity contribution is 7.08. The van der Waals surface area contributed by atoms with Gasteiger partial charge in [0.25, 0.3) is 5.91 Å². The van der Waals surface area contributed by atoms with Crippen LogP contribution < -0.4 is 0 Å². The van der Waals surface area contributed by atoms with E-state index in [1.807, 2.05) is 41.3 Å². The second kappa shape index (κ2) is 6.40. The van der Waals surface area contributed by atoms with Gasteiger partial charge in [-0.15, -0.1) is 10.2 Å². The standard InChI is InChI=1S/C18H19N5OS/c1-12(2)17-20-19-16-11-22(8-9-23(16)17)18(24)15-10-14(21-25-15)13-6-4-3-5-7-13/h3-7,10,12H,8-9,11H2,1-2H3. The lowest BCUT2D eigenvalue weighted by Gasteiger charge is -2.27. The van der Waals surface area contributed by atoms with Crippen LogP contribution in [-0.2, 0) is 13.1 Å². The van der Waals surface area contributed by atoms with E-state index in [4.69, 9.17) is 0 Å². The maximum Gasteiger partial charge on any atom is 0.266 e. The highest BCUT2D eigenvalue weighted by Gasteiger charge is 2.27. The molecule has 0 N–H and O–H groups in total. The van der Waals surface area contributed by atoms with Crippen molar-refractivity contribution in [2.24, 2.45) is 0 Å². The lowest BCUT2D eigenvalue weighted by Crippen LogP contribution is -2.38. The second-order valence-corrected chi connectivity index (χ2v) is 7.25. The molecule has 0 bridgehead atoms. The quantitative estimate of drug-likeness (QED) is 0.725. The minimum atomic E-state index is 0.0139. The van der Waals surface area contributed by atoms with E-state index in [-0.39, 0.29) is 5.91 Å². The topological polar surface area (TPSA) is 63.9 Å². The molecule has 1 aliphatic rings. The van der Waals surface area contributed by atoms with Crippen molar-refractivity contribution < 1.29 is 4.79 Å². The Labute approximate surface area is 150 Å². The van der Waals surface area contributed by atoms with E-state index in [2.05, 4.69) is 33.0 Å². The third-order valence-corrected chi connectivity index (χ3v) is 5.15. The minimum absolute atomic E-state index is 0.0139. The van der Waals surface area contributed by atoms with Crippen molar-refractivity contribution in [3.63, 3.8) is 0 Å². The van der Waals surface area contributed by atoms with Gasteiger partial charge in [0.05, 0.1) is 12.2 Å². The van der Waals surface area contributed by atoms with E-state index in [0.717, 1.165) is 29.5 Å². The van der Waals surface area contributed by atoms with Crippen LogP contribution >= 0.6 is 11.5 Å². The summed E-state index contributed by atoms with van der Waals surface area (Å²) in [5.41, 5.74) is 1.87. The highest BCUT2D eigenvalue weighted by atomic mass is 32.1. The molecule has 0 fully saturated rings. The number of hydrogen-bond donors (Lipinski definition) is 0. The lowest BCUT2D eigenvalue weighted by atomic mass is 10.1. The van der Waals surface area contributed by atoms with Crippen molar-refractivity contribution in [3.05, 3.63) is 52.9 Å². The molecule has 0 saturated carbocycles. The molecule has 1 aromatic carbocycles. The molecule has 1 amide bonds. The molecule has 0 unspecified atom stereocenters. The first-order valence-corrected chi connectivity index (χ1v) is 9.14. The van der Waals surface area contributed by atoms with Crippen molar-refractivity contribution in [1.29, 1.82) is 0 Å². The van der Waals surface area contributed by atoms with Crippen LogP contribution in [0.1, 0.15) is 41.1 Å². The van der Waals surface area contributed by atoms with E-state index in [9.17, 15) is 4.79 Å². The van der Waals surface area contributed by atoms with Crippen molar-refractivity contribution in [2.45, 2.75) is 32.9 Å². The van der Waals surface area contributed by atoms with Gasteiger partial charge in [-0.05, 0) is 17.6 Å². The molecule has 25 heavy (non-hydrogen) atoms. The molecule has 1 aliphatic heterocycles. The smallest absolute Gasteiger partial charge is 0.266 e. The van der Waals surface area contributed by atoms with Gasteiger partial charge in [0, 0.05) is 24.6 Å². The molecular formula is C18H19N5OS. The first-order chi connectivity index (χ1) is 12.1. The number of amides is 1. The predicted octanol–water partition coefficient (Wildman–Crippen LogP) is 3.18. The first kappa shape index (κ1) is 16.0. The van der Waals surface area contributed by atoms with Crippen LogP contribution in [0.4, 0.5) is 0 Å². The lowest BCUT2D eigenvalue weighted by molar-refractivity contribution is 0.0711. The van der Waals surface area contributed by atoms with Gasteiger partial charge in [0.2, 0.25) is 0 Å². The number of carbonyl (C=O) groups excluding carboxylic acids is 1. The van der Waals surface area contributed by atoms with Crippen LogP contribution in [-0.4, -0.2) is 36.5 Å². The first-order valence-electron chi connectivity index (χ1n) is 8.37. The van der Waals surface area contributed by atoms with Gasteiger partial charge in [-0.3, -0.25) is 4.79 Å². The Kier molecular flexibility index (Phi) is 4.09. The Morgan fingerprint density at radius 1 is 1.16 bits per heavy atom. The molecule has 6 nitrogen and oxygen atoms in total. The molecule has 0 aliphatic carbocycles. The maximum atomic E-state index is 12.8. The summed E-state index contributed by atoms with van der Waals surface area (Å²) in [6.45, 7) is 6.12. The van der Waals surface area contributed by atoms with Gasteiger partial charge in [-0.2, -0.15) is 4.37 Å². The van der Waals surface area contributed by atoms with Crippen molar-refractivity contribution in [2.75, 3.05) is 6.54 Å². The molecule has 7 heteroatoms. The summed E-state index contributed by atoms with van der Waals surface area (Å²) < 4.78 is 6.57. The van der Waals surface area contributed by atoms with Gasteiger partial charge in [-0.25, -0.2) is 0 Å². The Morgan fingerprint density at radius 3 is 2.72 bits per heavy atom. The van der Waals surface area contributed by atoms with Gasteiger partial charge in [0.1, 0.15) is 10.7 Å². The van der Waals surface area contributed by atoms with E-state index >= 15 is 0 Å². The molecular weight excluding hydrogens is 334 g/mol. The molecule has 3 heterocycles. The zero-order valence-corrected chi connectivity index (χ0v) is 15.0. The molecule has 0 saturated heterocycles. The average molecular weight is 353 g/mol. The zero-order chi connectivity index (χ0) is 17.4. The number of benzene rings is 1. The summed E-state index contributed by atoms with van der Waals surface area (Å²) >= 11 is 1.25. The molecule has 4 rings (SSSR count). The van der Waals surface area contributed by atoms with Crippen molar-refractivity contribution in [3.8, 4) is 11.3 Å². The molecule has 0 radical (unpaired) electrons. The van der Waals surface area contributed by atoms with E-state index in [0.29, 0.717) is 23.9 Å². The van der Waals surface area contributed by atoms with Gasteiger partial charge < -0.3 is 9.47 Å². The fraction of sp³-hybridized carbons (Fsp3) is 0.333. The summed E-state index contributed by atoms with van der Waals surface area (Å²) in [6.07, 6.45) is 0. The zero-order valence-electron chi connectivity index (χ0n) is 14.2. The van der Waals surface area contributed by atoms with Gasteiger partial charge in [0.15, 0.2) is 5.82 Å². The van der Waals surface area contributed by atoms with E-state index < -0.39 is 0 Å². The minimum Gasteiger partial charge on any atom is -0.329 e. The molecule has 3 aromatic rings. The number of fused-ring (bicyclic) bond motifs is 1. The molecule has 128 valence electrons. The number of hydrogen-bond acceptors (Lipinski definition) is 5. The van der Waals surface area contributed by atoms with Crippen LogP contribution in [0, 0.1) is 0 Å². The summed E-state index contributed by atoms with van der Waals surface area (Å²) in [4.78, 5) is 15.3. The molecule has 2 aromatic heterocycles. The maximum absolute atomic E-state index is 12.8. The average Bonchev–Trinajstić information content (AvgIpc) is 3.28. The highest BCUT2D eigenvalue weighted by Crippen LogP contribution is 2.24. The third kappa shape index (κ3) is 2.95. The molecule has 0 atom stereocenters. The molecule has 0 spiro atoms. The van der Waals surface area contributed by atoms with Crippen LogP contribution in [0.3, 0.4) is 0 Å². The third-order valence-electron chi connectivity index (χ3n) is 4.38. The Balaban J connectivity index is 1.53. The van der Waals surface area contributed by atoms with Crippen molar-refractivity contribution in [1.82, 2.24) is 24.0 Å². The van der Waals surface area contributed by atoms with Crippen LogP contribution in [0.5, 0.6) is 0 Å². The second-order valence-electron chi connectivity index (χ2n) is 6.45. The normalized spacial score (nSPS) is 14.0. The number of nitrogens with zero attached hydrogens (tertiary/aromatic N) is 5. The SMILES string of the molecule is CC(C)c1nnc2n1CCN(C(=O)c1cc(-c3ccccc3)ns1)C2. The number of aromatic nitrogens is 4. The van der Waals surface area contributed by atoms with Crippen LogP contribution in [0.2, 0.25) is 0 Å². The summed E-state index contributed by atoms with van der Waals surface area (Å²) in [5, 5.41) is 8.54. The van der Waals surface area contributed by atoms with Crippen LogP contribution in [0.15, 0.2) is 36.4 Å². The Hall–Kier alpha value is -2.54. The van der Waals surface area contributed by atoms with Crippen LogP contribution in [0.25, 0.3) is 11.3 Å².